The van der Waals surface area contributed by atoms with Crippen LogP contribution in [0.3, 0.4) is 0 Å². The maximum atomic E-state index is 12.4. The van der Waals surface area contributed by atoms with Gasteiger partial charge in [-0.15, -0.1) is 11.3 Å². The zero-order valence-electron chi connectivity index (χ0n) is 13.3. The molecule has 0 saturated carbocycles. The van der Waals surface area contributed by atoms with Crippen LogP contribution in [0.25, 0.3) is 10.1 Å². The first kappa shape index (κ1) is 15.5. The summed E-state index contributed by atoms with van der Waals surface area (Å²) >= 11 is 1.68. The summed E-state index contributed by atoms with van der Waals surface area (Å²) in [6.45, 7) is 5.79. The maximum Gasteiger partial charge on any atom is 0.260 e. The maximum absolute atomic E-state index is 12.4. The Labute approximate surface area is 138 Å². The second-order valence-electron chi connectivity index (χ2n) is 5.67. The Balaban J connectivity index is 1.88. The lowest BCUT2D eigenvalue weighted by atomic mass is 10.1. The highest BCUT2D eigenvalue weighted by Crippen LogP contribution is 2.34. The number of H-pyrrole nitrogens is 1. The minimum absolute atomic E-state index is 0.140. The normalized spacial score (nSPS) is 12.3. The minimum Gasteiger partial charge on any atom is -0.345 e. The number of hydrogen-bond donors (Lipinski definition) is 2. The molecule has 0 radical (unpaired) electrons. The standard InChI is InChI=1S/C18H18N2O2S/c1-10-8-9-14(17(21)19-10)18(22)20-12(3)16-11(2)13-6-4-5-7-15(13)23-16/h4-9,12H,1-3H3,(H,19,21)(H,20,22)/t12-/m0/s1. The molecule has 118 valence electrons. The summed E-state index contributed by atoms with van der Waals surface area (Å²) in [6.07, 6.45) is 0. The Morgan fingerprint density at radius 2 is 1.91 bits per heavy atom. The number of aromatic amines is 1. The van der Waals surface area contributed by atoms with Crippen molar-refractivity contribution in [3.63, 3.8) is 0 Å². The number of nitrogens with one attached hydrogen (secondary N) is 2. The van der Waals surface area contributed by atoms with E-state index in [1.165, 1.54) is 15.6 Å². The Bertz CT molecular complexity index is 940. The van der Waals surface area contributed by atoms with Crippen LogP contribution in [0, 0.1) is 13.8 Å². The quantitative estimate of drug-likeness (QED) is 0.771. The first-order valence-corrected chi connectivity index (χ1v) is 8.28. The van der Waals surface area contributed by atoms with Gasteiger partial charge in [-0.25, -0.2) is 0 Å². The summed E-state index contributed by atoms with van der Waals surface area (Å²) < 4.78 is 1.20. The van der Waals surface area contributed by atoms with E-state index in [9.17, 15) is 9.59 Å². The van der Waals surface area contributed by atoms with Gasteiger partial charge in [-0.1, -0.05) is 18.2 Å². The molecule has 0 bridgehead atoms. The van der Waals surface area contributed by atoms with Gasteiger partial charge in [0.25, 0.3) is 11.5 Å². The molecule has 1 atom stereocenters. The zero-order valence-corrected chi connectivity index (χ0v) is 14.1. The van der Waals surface area contributed by atoms with Gasteiger partial charge in [0.05, 0.1) is 6.04 Å². The second-order valence-corrected chi connectivity index (χ2v) is 6.75. The third kappa shape index (κ3) is 2.92. The van der Waals surface area contributed by atoms with Crippen molar-refractivity contribution in [2.24, 2.45) is 0 Å². The average molecular weight is 326 g/mol. The highest BCUT2D eigenvalue weighted by molar-refractivity contribution is 7.19. The fraction of sp³-hybridized carbons (Fsp3) is 0.222. The van der Waals surface area contributed by atoms with Gasteiger partial charge in [0.15, 0.2) is 0 Å². The van der Waals surface area contributed by atoms with E-state index in [-0.39, 0.29) is 23.1 Å². The Kier molecular flexibility index (Phi) is 4.05. The van der Waals surface area contributed by atoms with Crippen molar-refractivity contribution in [2.45, 2.75) is 26.8 Å². The number of aryl methyl sites for hydroxylation is 2. The molecule has 0 unspecified atom stereocenters. The van der Waals surface area contributed by atoms with Gasteiger partial charge in [-0.05, 0) is 49.9 Å². The molecule has 3 rings (SSSR count). The summed E-state index contributed by atoms with van der Waals surface area (Å²) in [6, 6.07) is 11.3. The van der Waals surface area contributed by atoms with E-state index in [0.717, 1.165) is 10.6 Å². The van der Waals surface area contributed by atoms with Crippen LogP contribution in [0.1, 0.15) is 39.5 Å². The van der Waals surface area contributed by atoms with E-state index in [1.54, 1.807) is 30.4 Å². The molecule has 0 aliphatic heterocycles. The number of benzene rings is 1. The Morgan fingerprint density at radius 1 is 1.17 bits per heavy atom. The number of carbonyl (C=O) groups excluding carboxylic acids is 1. The van der Waals surface area contributed by atoms with Gasteiger partial charge in [0.1, 0.15) is 5.56 Å². The van der Waals surface area contributed by atoms with Gasteiger partial charge in [0, 0.05) is 15.3 Å². The van der Waals surface area contributed by atoms with Crippen LogP contribution < -0.4 is 10.9 Å². The lowest BCUT2D eigenvalue weighted by Gasteiger charge is -2.13. The van der Waals surface area contributed by atoms with Crippen LogP contribution in [0.4, 0.5) is 0 Å². The fourth-order valence-corrected chi connectivity index (χ4v) is 3.91. The summed E-state index contributed by atoms with van der Waals surface area (Å²) in [5.74, 6) is -0.351. The number of amides is 1. The molecule has 5 heteroatoms. The van der Waals surface area contributed by atoms with Crippen LogP contribution in [-0.2, 0) is 0 Å². The van der Waals surface area contributed by atoms with Crippen LogP contribution in [0.15, 0.2) is 41.2 Å². The van der Waals surface area contributed by atoms with Crippen LogP contribution in [0.2, 0.25) is 0 Å². The van der Waals surface area contributed by atoms with Crippen molar-refractivity contribution in [2.75, 3.05) is 0 Å². The number of aromatic nitrogens is 1. The lowest BCUT2D eigenvalue weighted by molar-refractivity contribution is 0.0939. The van der Waals surface area contributed by atoms with Crippen molar-refractivity contribution in [1.29, 1.82) is 0 Å². The number of pyridine rings is 1. The molecular weight excluding hydrogens is 308 g/mol. The van der Waals surface area contributed by atoms with Gasteiger partial charge in [-0.3, -0.25) is 9.59 Å². The zero-order chi connectivity index (χ0) is 16.6. The average Bonchev–Trinajstić information content (AvgIpc) is 2.85. The van der Waals surface area contributed by atoms with Crippen LogP contribution >= 0.6 is 11.3 Å². The van der Waals surface area contributed by atoms with Gasteiger partial charge < -0.3 is 10.3 Å². The number of fused-ring (bicyclic) bond motifs is 1. The van der Waals surface area contributed by atoms with Crippen molar-refractivity contribution < 1.29 is 4.79 Å². The topological polar surface area (TPSA) is 62.0 Å². The largest absolute Gasteiger partial charge is 0.345 e. The molecular formula is C18H18N2O2S. The van der Waals surface area contributed by atoms with Crippen molar-refractivity contribution >= 4 is 27.3 Å². The molecule has 0 spiro atoms. The SMILES string of the molecule is Cc1ccc(C(=O)N[C@@H](C)c2sc3ccccc3c2C)c(=O)[nH]1. The van der Waals surface area contributed by atoms with Crippen LogP contribution in [-0.4, -0.2) is 10.9 Å². The molecule has 0 aliphatic carbocycles. The van der Waals surface area contributed by atoms with E-state index in [1.807, 2.05) is 19.1 Å². The summed E-state index contributed by atoms with van der Waals surface area (Å²) in [5.41, 5.74) is 1.69. The number of hydrogen-bond acceptors (Lipinski definition) is 3. The molecule has 0 saturated heterocycles. The van der Waals surface area contributed by atoms with Crippen molar-refractivity contribution in [3.05, 3.63) is 68.4 Å². The predicted octanol–water partition coefficient (Wildman–Crippen LogP) is 3.70. The third-order valence-electron chi connectivity index (χ3n) is 3.92. The summed E-state index contributed by atoms with van der Waals surface area (Å²) in [4.78, 5) is 28.0. The third-order valence-corrected chi connectivity index (χ3v) is 5.38. The van der Waals surface area contributed by atoms with Gasteiger partial charge >= 0.3 is 0 Å². The molecule has 0 fully saturated rings. The molecule has 2 N–H and O–H groups in total. The van der Waals surface area contributed by atoms with E-state index in [2.05, 4.69) is 29.4 Å². The minimum atomic E-state index is -0.359. The van der Waals surface area contributed by atoms with Gasteiger partial charge in [0.2, 0.25) is 0 Å². The molecule has 1 aromatic carbocycles. The first-order chi connectivity index (χ1) is 11.0. The highest BCUT2D eigenvalue weighted by atomic mass is 32.1. The van der Waals surface area contributed by atoms with Crippen LogP contribution in [0.5, 0.6) is 0 Å². The molecule has 1 amide bonds. The molecule has 23 heavy (non-hydrogen) atoms. The number of carbonyl (C=O) groups is 1. The van der Waals surface area contributed by atoms with Crippen molar-refractivity contribution in [1.82, 2.24) is 10.3 Å². The Morgan fingerprint density at radius 3 is 2.61 bits per heavy atom. The molecule has 0 aliphatic rings. The molecule has 4 nitrogen and oxygen atoms in total. The predicted molar refractivity (Wildman–Crippen MR) is 94.2 cm³/mol. The fourth-order valence-electron chi connectivity index (χ4n) is 2.70. The van der Waals surface area contributed by atoms with E-state index in [0.29, 0.717) is 0 Å². The summed E-state index contributed by atoms with van der Waals surface area (Å²) in [5, 5.41) is 4.14. The monoisotopic (exact) mass is 326 g/mol. The molecule has 2 heterocycles. The van der Waals surface area contributed by atoms with Crippen molar-refractivity contribution in [3.8, 4) is 0 Å². The van der Waals surface area contributed by atoms with E-state index < -0.39 is 0 Å². The smallest absolute Gasteiger partial charge is 0.260 e. The Hall–Kier alpha value is -2.40. The lowest BCUT2D eigenvalue weighted by Crippen LogP contribution is -2.31. The second kappa shape index (κ2) is 6.01. The van der Waals surface area contributed by atoms with E-state index in [4.69, 9.17) is 0 Å². The van der Waals surface area contributed by atoms with Gasteiger partial charge in [-0.2, -0.15) is 0 Å². The summed E-state index contributed by atoms with van der Waals surface area (Å²) in [7, 11) is 0. The number of thiophene rings is 1. The highest BCUT2D eigenvalue weighted by Gasteiger charge is 2.18. The number of rotatable bonds is 3. The molecule has 2 aromatic heterocycles. The first-order valence-electron chi connectivity index (χ1n) is 7.46. The van der Waals surface area contributed by atoms with E-state index >= 15 is 0 Å². The molecule has 3 aromatic rings.